The second-order valence-corrected chi connectivity index (χ2v) is 5.97. The lowest BCUT2D eigenvalue weighted by molar-refractivity contribution is 0.500. The molecule has 0 atom stereocenters. The third-order valence-corrected chi connectivity index (χ3v) is 4.33. The molecule has 1 nitrogen and oxygen atoms in total. The Bertz CT molecular complexity index is 747. The van der Waals surface area contributed by atoms with Crippen molar-refractivity contribution in [1.29, 1.82) is 0 Å². The number of fused-ring (bicyclic) bond motifs is 3. The van der Waals surface area contributed by atoms with Crippen LogP contribution in [0.4, 0.5) is 0 Å². The van der Waals surface area contributed by atoms with Gasteiger partial charge in [0.1, 0.15) is 11.2 Å². The molecule has 1 aromatic heterocycles. The predicted octanol–water partition coefficient (Wildman–Crippen LogP) is 5.58. The second-order valence-electron chi connectivity index (χ2n) is 5.97. The largest absolute Gasteiger partial charge is 0.455 e. The van der Waals surface area contributed by atoms with E-state index in [1.165, 1.54) is 21.9 Å². The molecule has 1 heterocycles. The summed E-state index contributed by atoms with van der Waals surface area (Å²) in [6.45, 7) is 8.89. The summed E-state index contributed by atoms with van der Waals surface area (Å²) >= 11 is 0. The van der Waals surface area contributed by atoms with E-state index in [1.54, 1.807) is 0 Å². The molecule has 2 aromatic carbocycles. The van der Waals surface area contributed by atoms with Crippen molar-refractivity contribution in [2.75, 3.05) is 0 Å². The van der Waals surface area contributed by atoms with Gasteiger partial charge in [-0.15, -0.1) is 0 Å². The summed E-state index contributed by atoms with van der Waals surface area (Å²) in [6.07, 6.45) is 1.10. The first-order valence-electron chi connectivity index (χ1n) is 6.96. The number of hydrogen-bond donors (Lipinski definition) is 0. The summed E-state index contributed by atoms with van der Waals surface area (Å²) in [5.41, 5.74) is 4.73. The molecule has 0 saturated heterocycles. The zero-order valence-electron chi connectivity index (χ0n) is 12.1. The number of aryl methyl sites for hydroxylation is 1. The molecule has 3 aromatic rings. The maximum absolute atomic E-state index is 6.20. The smallest absolute Gasteiger partial charge is 0.139 e. The van der Waals surface area contributed by atoms with Gasteiger partial charge in [0, 0.05) is 16.3 Å². The number of para-hydroxylation sites is 2. The minimum Gasteiger partial charge on any atom is -0.455 e. The zero-order valence-corrected chi connectivity index (χ0v) is 12.1. The molecule has 0 aliphatic heterocycles. The Hall–Kier alpha value is -1.76. The van der Waals surface area contributed by atoms with E-state index >= 15 is 0 Å². The van der Waals surface area contributed by atoms with Crippen LogP contribution in [-0.4, -0.2) is 0 Å². The van der Waals surface area contributed by atoms with Crippen molar-refractivity contribution in [3.63, 3.8) is 0 Å². The number of hydrogen-bond acceptors (Lipinski definition) is 1. The van der Waals surface area contributed by atoms with E-state index < -0.39 is 0 Å². The van der Waals surface area contributed by atoms with Gasteiger partial charge in [0.05, 0.1) is 0 Å². The highest BCUT2D eigenvalue weighted by atomic mass is 16.3. The van der Waals surface area contributed by atoms with E-state index in [-0.39, 0.29) is 5.41 Å². The van der Waals surface area contributed by atoms with Crippen LogP contribution >= 0.6 is 0 Å². The van der Waals surface area contributed by atoms with Crippen LogP contribution < -0.4 is 0 Å². The van der Waals surface area contributed by atoms with E-state index in [1.807, 2.05) is 0 Å². The first kappa shape index (κ1) is 12.3. The Morgan fingerprint density at radius 2 is 1.58 bits per heavy atom. The topological polar surface area (TPSA) is 13.1 Å². The van der Waals surface area contributed by atoms with Crippen LogP contribution in [0.1, 0.15) is 38.3 Å². The van der Waals surface area contributed by atoms with Crippen LogP contribution in [0.2, 0.25) is 0 Å². The Morgan fingerprint density at radius 1 is 0.947 bits per heavy atom. The molecule has 0 bridgehead atoms. The normalized spacial score (nSPS) is 12.4. The number of furan rings is 1. The van der Waals surface area contributed by atoms with Crippen LogP contribution in [0.25, 0.3) is 21.9 Å². The Balaban J connectivity index is 2.44. The number of rotatable bonds is 2. The van der Waals surface area contributed by atoms with Gasteiger partial charge in [0.25, 0.3) is 0 Å². The van der Waals surface area contributed by atoms with Crippen molar-refractivity contribution in [3.8, 4) is 0 Å². The van der Waals surface area contributed by atoms with Crippen LogP contribution in [0.15, 0.2) is 40.8 Å². The predicted molar refractivity (Wildman–Crippen MR) is 81.8 cm³/mol. The van der Waals surface area contributed by atoms with Crippen LogP contribution in [-0.2, 0) is 5.41 Å². The zero-order chi connectivity index (χ0) is 13.6. The van der Waals surface area contributed by atoms with Gasteiger partial charge in [-0.3, -0.25) is 0 Å². The Kier molecular flexibility index (Phi) is 2.67. The van der Waals surface area contributed by atoms with Crippen LogP contribution in [0.3, 0.4) is 0 Å². The van der Waals surface area contributed by atoms with E-state index in [9.17, 15) is 0 Å². The highest BCUT2D eigenvalue weighted by Gasteiger charge is 2.23. The molecule has 0 aliphatic carbocycles. The molecule has 0 spiro atoms. The molecular weight excluding hydrogens is 232 g/mol. The van der Waals surface area contributed by atoms with Crippen molar-refractivity contribution in [2.24, 2.45) is 0 Å². The van der Waals surface area contributed by atoms with Gasteiger partial charge in [-0.25, -0.2) is 0 Å². The van der Waals surface area contributed by atoms with Gasteiger partial charge in [-0.1, -0.05) is 57.2 Å². The van der Waals surface area contributed by atoms with Crippen LogP contribution in [0, 0.1) is 6.92 Å². The molecular formula is C18H20O. The average molecular weight is 252 g/mol. The summed E-state index contributed by atoms with van der Waals surface area (Å²) in [7, 11) is 0. The van der Waals surface area contributed by atoms with Gasteiger partial charge in [0.15, 0.2) is 0 Å². The minimum absolute atomic E-state index is 0.140. The minimum atomic E-state index is 0.140. The molecule has 0 fully saturated rings. The van der Waals surface area contributed by atoms with Crippen molar-refractivity contribution >= 4 is 21.9 Å². The lowest BCUT2D eigenvalue weighted by Crippen LogP contribution is -2.15. The third-order valence-electron chi connectivity index (χ3n) is 4.33. The van der Waals surface area contributed by atoms with Gasteiger partial charge in [-0.05, 0) is 24.3 Å². The monoisotopic (exact) mass is 252 g/mol. The second kappa shape index (κ2) is 4.12. The number of benzene rings is 2. The molecule has 0 amide bonds. The lowest BCUT2D eigenvalue weighted by atomic mass is 9.81. The van der Waals surface area contributed by atoms with E-state index in [0.29, 0.717) is 0 Å². The standard InChI is InChI=1S/C18H20O/c1-5-18(3,4)15-11-7-10-14-13-9-6-8-12(2)16(13)19-17(14)15/h6-11H,5H2,1-4H3. The molecule has 0 radical (unpaired) electrons. The molecule has 0 aliphatic rings. The van der Waals surface area contributed by atoms with Crippen molar-refractivity contribution in [1.82, 2.24) is 0 Å². The summed E-state index contributed by atoms with van der Waals surface area (Å²) < 4.78 is 6.20. The van der Waals surface area contributed by atoms with E-state index in [0.717, 1.165) is 17.6 Å². The van der Waals surface area contributed by atoms with Crippen molar-refractivity contribution in [2.45, 2.75) is 39.5 Å². The van der Waals surface area contributed by atoms with Gasteiger partial charge < -0.3 is 4.42 Å². The molecule has 0 unspecified atom stereocenters. The summed E-state index contributed by atoms with van der Waals surface area (Å²) in [4.78, 5) is 0. The Labute approximate surface area is 114 Å². The van der Waals surface area contributed by atoms with Gasteiger partial charge >= 0.3 is 0 Å². The van der Waals surface area contributed by atoms with Gasteiger partial charge in [-0.2, -0.15) is 0 Å². The fourth-order valence-electron chi connectivity index (χ4n) is 2.68. The molecule has 0 saturated carbocycles. The SMILES string of the molecule is CCC(C)(C)c1cccc2c1oc1c(C)cccc12. The Morgan fingerprint density at radius 3 is 2.26 bits per heavy atom. The average Bonchev–Trinajstić information content (AvgIpc) is 2.79. The fourth-order valence-corrected chi connectivity index (χ4v) is 2.68. The first-order valence-corrected chi connectivity index (χ1v) is 6.96. The fraction of sp³-hybridized carbons (Fsp3) is 0.333. The van der Waals surface area contributed by atoms with E-state index in [4.69, 9.17) is 4.42 Å². The third kappa shape index (κ3) is 1.76. The lowest BCUT2D eigenvalue weighted by Gasteiger charge is -2.23. The quantitative estimate of drug-likeness (QED) is 0.580. The molecule has 1 heteroatoms. The molecule has 98 valence electrons. The van der Waals surface area contributed by atoms with E-state index in [2.05, 4.69) is 64.1 Å². The molecule has 0 N–H and O–H groups in total. The highest BCUT2D eigenvalue weighted by Crippen LogP contribution is 2.38. The summed E-state index contributed by atoms with van der Waals surface area (Å²) in [5, 5.41) is 2.46. The summed E-state index contributed by atoms with van der Waals surface area (Å²) in [6, 6.07) is 12.9. The highest BCUT2D eigenvalue weighted by molar-refractivity contribution is 6.06. The summed E-state index contributed by atoms with van der Waals surface area (Å²) in [5.74, 6) is 0. The molecule has 3 rings (SSSR count). The maximum atomic E-state index is 6.20. The molecule has 19 heavy (non-hydrogen) atoms. The van der Waals surface area contributed by atoms with Crippen molar-refractivity contribution in [3.05, 3.63) is 47.5 Å². The van der Waals surface area contributed by atoms with Crippen molar-refractivity contribution < 1.29 is 4.42 Å². The van der Waals surface area contributed by atoms with Crippen LogP contribution in [0.5, 0.6) is 0 Å². The first-order chi connectivity index (χ1) is 9.04. The maximum Gasteiger partial charge on any atom is 0.139 e. The van der Waals surface area contributed by atoms with Gasteiger partial charge in [0.2, 0.25) is 0 Å².